The number of amides is 1. The van der Waals surface area contributed by atoms with Gasteiger partial charge in [0.25, 0.3) is 5.91 Å². The number of anilines is 1. The van der Waals surface area contributed by atoms with Crippen LogP contribution in [0.4, 0.5) is 5.69 Å². The highest BCUT2D eigenvalue weighted by atomic mass is 16.5. The van der Waals surface area contributed by atoms with Crippen molar-refractivity contribution >= 4 is 11.6 Å². The number of methoxy groups -OCH3 is 1. The Hall–Kier alpha value is -1.71. The Morgan fingerprint density at radius 1 is 1.33 bits per heavy atom. The fourth-order valence-electron chi connectivity index (χ4n) is 3.02. The van der Waals surface area contributed by atoms with Crippen LogP contribution < -0.4 is 10.5 Å². The summed E-state index contributed by atoms with van der Waals surface area (Å²) in [5.74, 6) is 2.13. The average molecular weight is 290 g/mol. The molecule has 116 valence electrons. The average Bonchev–Trinajstić information content (AvgIpc) is 2.72. The summed E-state index contributed by atoms with van der Waals surface area (Å²) in [5, 5.41) is 0. The van der Waals surface area contributed by atoms with Gasteiger partial charge in [-0.25, -0.2) is 0 Å². The Bertz CT molecular complexity index is 500. The third-order valence-electron chi connectivity index (χ3n) is 4.49. The van der Waals surface area contributed by atoms with Crippen molar-refractivity contribution in [2.75, 3.05) is 25.9 Å². The molecular weight excluding hydrogens is 264 g/mol. The fourth-order valence-corrected chi connectivity index (χ4v) is 3.02. The zero-order chi connectivity index (χ0) is 15.4. The number of carbonyl (C=O) groups excluding carboxylic acids is 1. The van der Waals surface area contributed by atoms with Crippen LogP contribution in [0.1, 0.15) is 43.5 Å². The van der Waals surface area contributed by atoms with E-state index in [0.29, 0.717) is 22.9 Å². The summed E-state index contributed by atoms with van der Waals surface area (Å²) in [6, 6.07) is 5.27. The fraction of sp³-hybridized carbons (Fsp3) is 0.588. The first-order valence-electron chi connectivity index (χ1n) is 7.75. The smallest absolute Gasteiger partial charge is 0.255 e. The van der Waals surface area contributed by atoms with Crippen LogP contribution in [0, 0.1) is 11.8 Å². The van der Waals surface area contributed by atoms with Gasteiger partial charge in [-0.3, -0.25) is 4.79 Å². The van der Waals surface area contributed by atoms with Crippen molar-refractivity contribution in [1.29, 1.82) is 0 Å². The molecule has 1 aliphatic rings. The molecule has 0 radical (unpaired) electrons. The first-order chi connectivity index (χ1) is 10.0. The molecule has 1 amide bonds. The van der Waals surface area contributed by atoms with Crippen molar-refractivity contribution in [1.82, 2.24) is 4.90 Å². The summed E-state index contributed by atoms with van der Waals surface area (Å²) >= 11 is 0. The van der Waals surface area contributed by atoms with E-state index in [1.54, 1.807) is 25.3 Å². The molecule has 0 aliphatic carbocycles. The summed E-state index contributed by atoms with van der Waals surface area (Å²) < 4.78 is 5.13. The molecule has 21 heavy (non-hydrogen) atoms. The maximum atomic E-state index is 12.7. The second-order valence-corrected chi connectivity index (χ2v) is 6.18. The number of carbonyl (C=O) groups is 1. The highest BCUT2D eigenvalue weighted by Crippen LogP contribution is 2.27. The molecule has 0 saturated carbocycles. The predicted molar refractivity (Wildman–Crippen MR) is 85.5 cm³/mol. The van der Waals surface area contributed by atoms with E-state index >= 15 is 0 Å². The van der Waals surface area contributed by atoms with Gasteiger partial charge < -0.3 is 15.4 Å². The van der Waals surface area contributed by atoms with Crippen LogP contribution in [-0.4, -0.2) is 31.0 Å². The second kappa shape index (κ2) is 6.83. The van der Waals surface area contributed by atoms with Gasteiger partial charge in [0.15, 0.2) is 0 Å². The molecule has 1 saturated heterocycles. The van der Waals surface area contributed by atoms with Crippen LogP contribution in [0.3, 0.4) is 0 Å². The number of ether oxygens (including phenoxy) is 1. The van der Waals surface area contributed by atoms with Gasteiger partial charge in [-0.05, 0) is 43.2 Å². The third-order valence-corrected chi connectivity index (χ3v) is 4.49. The van der Waals surface area contributed by atoms with Crippen LogP contribution in [0.5, 0.6) is 5.75 Å². The molecule has 2 rings (SSSR count). The second-order valence-electron chi connectivity index (χ2n) is 6.18. The Morgan fingerprint density at radius 3 is 2.71 bits per heavy atom. The van der Waals surface area contributed by atoms with Crippen LogP contribution in [-0.2, 0) is 0 Å². The van der Waals surface area contributed by atoms with E-state index in [-0.39, 0.29) is 5.91 Å². The lowest BCUT2D eigenvalue weighted by atomic mass is 9.89. The maximum Gasteiger partial charge on any atom is 0.255 e. The van der Waals surface area contributed by atoms with Gasteiger partial charge in [-0.15, -0.1) is 0 Å². The van der Waals surface area contributed by atoms with Gasteiger partial charge in [0, 0.05) is 24.8 Å². The summed E-state index contributed by atoms with van der Waals surface area (Å²) in [6.45, 7) is 6.19. The molecule has 4 nitrogen and oxygen atoms in total. The van der Waals surface area contributed by atoms with Gasteiger partial charge >= 0.3 is 0 Å². The summed E-state index contributed by atoms with van der Waals surface area (Å²) in [5.41, 5.74) is 7.06. The molecule has 1 aromatic carbocycles. The van der Waals surface area contributed by atoms with Crippen LogP contribution >= 0.6 is 0 Å². The van der Waals surface area contributed by atoms with E-state index in [4.69, 9.17) is 10.5 Å². The lowest BCUT2D eigenvalue weighted by Gasteiger charge is -2.22. The number of hydrogen-bond donors (Lipinski definition) is 1. The molecule has 1 heterocycles. The number of likely N-dealkylation sites (tertiary alicyclic amines) is 1. The molecule has 0 aromatic heterocycles. The standard InChI is InChI=1S/C17H26N2O2/c1-12(2)13-5-4-9-19(10-8-13)17(20)15-7-6-14(21-3)11-16(15)18/h6-7,11-13H,4-5,8-10,18H2,1-3H3. The van der Waals surface area contributed by atoms with Crippen molar-refractivity contribution in [2.45, 2.75) is 33.1 Å². The van der Waals surface area contributed by atoms with Gasteiger partial charge in [-0.2, -0.15) is 0 Å². The van der Waals surface area contributed by atoms with Crippen LogP contribution in [0.15, 0.2) is 18.2 Å². The number of nitrogen functional groups attached to an aromatic ring is 1. The van der Waals surface area contributed by atoms with E-state index in [0.717, 1.165) is 31.8 Å². The molecule has 0 spiro atoms. The van der Waals surface area contributed by atoms with Crippen molar-refractivity contribution < 1.29 is 9.53 Å². The molecule has 1 unspecified atom stereocenters. The quantitative estimate of drug-likeness (QED) is 0.870. The van der Waals surface area contributed by atoms with Gasteiger partial charge in [-0.1, -0.05) is 13.8 Å². The summed E-state index contributed by atoms with van der Waals surface area (Å²) in [7, 11) is 1.59. The number of nitrogens with zero attached hydrogens (tertiary/aromatic N) is 1. The number of rotatable bonds is 3. The third kappa shape index (κ3) is 3.69. The van der Waals surface area contributed by atoms with Gasteiger partial charge in [0.1, 0.15) is 5.75 Å². The molecule has 0 bridgehead atoms. The number of nitrogens with two attached hydrogens (primary N) is 1. The Kier molecular flexibility index (Phi) is 5.10. The molecule has 1 aromatic rings. The van der Waals surface area contributed by atoms with Crippen molar-refractivity contribution in [2.24, 2.45) is 11.8 Å². The Balaban J connectivity index is 2.09. The topological polar surface area (TPSA) is 55.6 Å². The minimum Gasteiger partial charge on any atom is -0.497 e. The van der Waals surface area contributed by atoms with E-state index in [2.05, 4.69) is 13.8 Å². The van der Waals surface area contributed by atoms with Crippen molar-refractivity contribution in [3.8, 4) is 5.75 Å². The molecular formula is C17H26N2O2. The molecule has 1 fully saturated rings. The largest absolute Gasteiger partial charge is 0.497 e. The zero-order valence-electron chi connectivity index (χ0n) is 13.3. The summed E-state index contributed by atoms with van der Waals surface area (Å²) in [4.78, 5) is 14.6. The number of hydrogen-bond acceptors (Lipinski definition) is 3. The van der Waals surface area contributed by atoms with Crippen molar-refractivity contribution in [3.63, 3.8) is 0 Å². The minimum absolute atomic E-state index is 0.0413. The lowest BCUT2D eigenvalue weighted by Crippen LogP contribution is -2.32. The highest BCUT2D eigenvalue weighted by molar-refractivity contribution is 5.99. The Labute approximate surface area is 127 Å². The van der Waals surface area contributed by atoms with E-state index in [1.807, 2.05) is 4.90 Å². The molecule has 1 atom stereocenters. The monoisotopic (exact) mass is 290 g/mol. The number of benzene rings is 1. The summed E-state index contributed by atoms with van der Waals surface area (Å²) in [6.07, 6.45) is 3.36. The normalized spacial score (nSPS) is 19.4. The zero-order valence-corrected chi connectivity index (χ0v) is 13.3. The molecule has 1 aliphatic heterocycles. The van der Waals surface area contributed by atoms with Gasteiger partial charge in [0.2, 0.25) is 0 Å². The maximum absolute atomic E-state index is 12.7. The van der Waals surface area contributed by atoms with E-state index in [1.165, 1.54) is 6.42 Å². The first kappa shape index (κ1) is 15.7. The van der Waals surface area contributed by atoms with Crippen LogP contribution in [0.2, 0.25) is 0 Å². The van der Waals surface area contributed by atoms with Crippen LogP contribution in [0.25, 0.3) is 0 Å². The lowest BCUT2D eigenvalue weighted by molar-refractivity contribution is 0.0760. The predicted octanol–water partition coefficient (Wildman–Crippen LogP) is 3.18. The first-order valence-corrected chi connectivity index (χ1v) is 7.75. The highest BCUT2D eigenvalue weighted by Gasteiger charge is 2.24. The van der Waals surface area contributed by atoms with Crippen molar-refractivity contribution in [3.05, 3.63) is 23.8 Å². The molecule has 2 N–H and O–H groups in total. The van der Waals surface area contributed by atoms with E-state index < -0.39 is 0 Å². The SMILES string of the molecule is COc1ccc(C(=O)N2CCCC(C(C)C)CC2)c(N)c1. The molecule has 4 heteroatoms. The minimum atomic E-state index is 0.0413. The van der Waals surface area contributed by atoms with E-state index in [9.17, 15) is 4.79 Å². The van der Waals surface area contributed by atoms with Gasteiger partial charge in [0.05, 0.1) is 12.7 Å². The Morgan fingerprint density at radius 2 is 2.10 bits per heavy atom.